The quantitative estimate of drug-likeness (QED) is 0.789. The van der Waals surface area contributed by atoms with Crippen molar-refractivity contribution in [2.45, 2.75) is 39.3 Å². The van der Waals surface area contributed by atoms with Crippen molar-refractivity contribution in [3.8, 4) is 5.75 Å². The SMILES string of the molecule is CC(C)c1nccn1CCCOc1cccc(CN)c1. The standard InChI is InChI=1S/C16H23N3O/c1-13(2)16-18-7-9-19(16)8-4-10-20-15-6-3-5-14(11-15)12-17/h3,5-7,9,11,13H,4,8,10,12,17H2,1-2H3. The van der Waals surface area contributed by atoms with Gasteiger partial charge in [0, 0.05) is 31.4 Å². The molecule has 0 aliphatic rings. The van der Waals surface area contributed by atoms with Gasteiger partial charge in [-0.15, -0.1) is 0 Å². The van der Waals surface area contributed by atoms with Crippen LogP contribution < -0.4 is 10.5 Å². The summed E-state index contributed by atoms with van der Waals surface area (Å²) < 4.78 is 7.96. The molecule has 0 bridgehead atoms. The third kappa shape index (κ3) is 3.84. The summed E-state index contributed by atoms with van der Waals surface area (Å²) in [4.78, 5) is 4.38. The number of benzene rings is 1. The van der Waals surface area contributed by atoms with Gasteiger partial charge in [0.25, 0.3) is 0 Å². The normalized spacial score (nSPS) is 11.0. The van der Waals surface area contributed by atoms with Crippen LogP contribution in [0.1, 0.15) is 37.6 Å². The fourth-order valence-corrected chi connectivity index (χ4v) is 2.20. The lowest BCUT2D eigenvalue weighted by atomic mass is 10.2. The Hall–Kier alpha value is -1.81. The molecule has 0 radical (unpaired) electrons. The van der Waals surface area contributed by atoms with Gasteiger partial charge in [0.1, 0.15) is 11.6 Å². The fourth-order valence-electron chi connectivity index (χ4n) is 2.20. The van der Waals surface area contributed by atoms with E-state index >= 15 is 0 Å². The van der Waals surface area contributed by atoms with Gasteiger partial charge >= 0.3 is 0 Å². The van der Waals surface area contributed by atoms with Crippen molar-refractivity contribution in [2.75, 3.05) is 6.61 Å². The largest absolute Gasteiger partial charge is 0.494 e. The molecule has 20 heavy (non-hydrogen) atoms. The Kier molecular flexibility index (Phi) is 5.18. The predicted molar refractivity (Wildman–Crippen MR) is 80.8 cm³/mol. The van der Waals surface area contributed by atoms with Crippen molar-refractivity contribution in [3.63, 3.8) is 0 Å². The Morgan fingerprint density at radius 3 is 2.95 bits per heavy atom. The minimum absolute atomic E-state index is 0.451. The van der Waals surface area contributed by atoms with Crippen LogP contribution >= 0.6 is 0 Å². The molecule has 4 heteroatoms. The second-order valence-corrected chi connectivity index (χ2v) is 5.19. The van der Waals surface area contributed by atoms with E-state index in [2.05, 4.69) is 23.4 Å². The van der Waals surface area contributed by atoms with Crippen LogP contribution in [0.5, 0.6) is 5.75 Å². The maximum absolute atomic E-state index is 5.76. The highest BCUT2D eigenvalue weighted by Crippen LogP contribution is 2.14. The van der Waals surface area contributed by atoms with Crippen molar-refractivity contribution >= 4 is 0 Å². The number of ether oxygens (including phenoxy) is 1. The zero-order valence-corrected chi connectivity index (χ0v) is 12.2. The zero-order valence-electron chi connectivity index (χ0n) is 12.2. The molecule has 0 fully saturated rings. The molecule has 0 amide bonds. The van der Waals surface area contributed by atoms with E-state index in [0.29, 0.717) is 19.1 Å². The lowest BCUT2D eigenvalue weighted by Gasteiger charge is -2.11. The first-order valence-electron chi connectivity index (χ1n) is 7.13. The summed E-state index contributed by atoms with van der Waals surface area (Å²) in [5.74, 6) is 2.48. The Morgan fingerprint density at radius 2 is 2.20 bits per heavy atom. The summed E-state index contributed by atoms with van der Waals surface area (Å²) in [6, 6.07) is 7.95. The van der Waals surface area contributed by atoms with E-state index in [9.17, 15) is 0 Å². The number of hydrogen-bond acceptors (Lipinski definition) is 3. The molecule has 0 atom stereocenters. The molecular weight excluding hydrogens is 250 g/mol. The number of rotatable bonds is 7. The van der Waals surface area contributed by atoms with Crippen molar-refractivity contribution in [1.29, 1.82) is 0 Å². The van der Waals surface area contributed by atoms with Gasteiger partial charge in [0.15, 0.2) is 0 Å². The average Bonchev–Trinajstić information content (AvgIpc) is 2.92. The van der Waals surface area contributed by atoms with E-state index in [1.807, 2.05) is 36.7 Å². The van der Waals surface area contributed by atoms with Crippen molar-refractivity contribution < 1.29 is 4.74 Å². The molecule has 1 aromatic heterocycles. The summed E-state index contributed by atoms with van der Waals surface area (Å²) in [5, 5.41) is 0. The maximum atomic E-state index is 5.76. The Labute approximate surface area is 120 Å². The molecule has 0 saturated carbocycles. The van der Waals surface area contributed by atoms with Crippen LogP contribution in [0.4, 0.5) is 0 Å². The molecule has 4 nitrogen and oxygen atoms in total. The molecule has 1 aromatic carbocycles. The molecular formula is C16H23N3O. The molecule has 2 N–H and O–H groups in total. The van der Waals surface area contributed by atoms with Crippen LogP contribution in [0.25, 0.3) is 0 Å². The fraction of sp³-hybridized carbons (Fsp3) is 0.438. The lowest BCUT2D eigenvalue weighted by Crippen LogP contribution is -2.08. The van der Waals surface area contributed by atoms with Gasteiger partial charge in [-0.05, 0) is 24.1 Å². The molecule has 2 rings (SSSR count). The van der Waals surface area contributed by atoms with Gasteiger partial charge in [-0.3, -0.25) is 0 Å². The molecule has 2 aromatic rings. The lowest BCUT2D eigenvalue weighted by molar-refractivity contribution is 0.300. The number of nitrogens with zero attached hydrogens (tertiary/aromatic N) is 2. The summed E-state index contributed by atoms with van der Waals surface area (Å²) in [6.07, 6.45) is 4.86. The number of imidazole rings is 1. The minimum Gasteiger partial charge on any atom is -0.494 e. The van der Waals surface area contributed by atoms with Gasteiger partial charge in [-0.2, -0.15) is 0 Å². The van der Waals surface area contributed by atoms with Crippen LogP contribution in [-0.2, 0) is 13.1 Å². The van der Waals surface area contributed by atoms with Crippen LogP contribution in [0.15, 0.2) is 36.7 Å². The highest BCUT2D eigenvalue weighted by molar-refractivity contribution is 5.28. The Morgan fingerprint density at radius 1 is 1.35 bits per heavy atom. The van der Waals surface area contributed by atoms with Crippen LogP contribution in [0, 0.1) is 0 Å². The minimum atomic E-state index is 0.451. The highest BCUT2D eigenvalue weighted by Gasteiger charge is 2.06. The second-order valence-electron chi connectivity index (χ2n) is 5.19. The summed E-state index contributed by atoms with van der Waals surface area (Å²) in [7, 11) is 0. The molecule has 0 aliphatic carbocycles. The Bertz CT molecular complexity index is 534. The second kappa shape index (κ2) is 7.10. The summed E-state index contributed by atoms with van der Waals surface area (Å²) in [6.45, 7) is 6.50. The summed E-state index contributed by atoms with van der Waals surface area (Å²) >= 11 is 0. The van der Waals surface area contributed by atoms with Gasteiger partial charge in [-0.25, -0.2) is 4.98 Å². The molecule has 1 heterocycles. The predicted octanol–water partition coefficient (Wildman–Crippen LogP) is 2.93. The van der Waals surface area contributed by atoms with E-state index in [4.69, 9.17) is 10.5 Å². The molecule has 0 saturated heterocycles. The van der Waals surface area contributed by atoms with Gasteiger partial charge in [0.2, 0.25) is 0 Å². The third-order valence-electron chi connectivity index (χ3n) is 3.21. The van der Waals surface area contributed by atoms with Crippen molar-refractivity contribution in [3.05, 3.63) is 48.0 Å². The first kappa shape index (κ1) is 14.6. The number of aromatic nitrogens is 2. The first-order chi connectivity index (χ1) is 9.70. The zero-order chi connectivity index (χ0) is 14.4. The van der Waals surface area contributed by atoms with Crippen LogP contribution in [-0.4, -0.2) is 16.2 Å². The molecule has 0 aliphatic heterocycles. The number of hydrogen-bond donors (Lipinski definition) is 1. The molecule has 0 unspecified atom stereocenters. The smallest absolute Gasteiger partial charge is 0.119 e. The van der Waals surface area contributed by atoms with Crippen LogP contribution in [0.2, 0.25) is 0 Å². The van der Waals surface area contributed by atoms with Gasteiger partial charge in [0.05, 0.1) is 6.61 Å². The van der Waals surface area contributed by atoms with Gasteiger partial charge in [-0.1, -0.05) is 26.0 Å². The first-order valence-corrected chi connectivity index (χ1v) is 7.13. The van der Waals surface area contributed by atoms with Crippen molar-refractivity contribution in [2.24, 2.45) is 5.73 Å². The average molecular weight is 273 g/mol. The van der Waals surface area contributed by atoms with Crippen molar-refractivity contribution in [1.82, 2.24) is 9.55 Å². The van der Waals surface area contributed by atoms with E-state index in [1.54, 1.807) is 0 Å². The molecule has 0 spiro atoms. The maximum Gasteiger partial charge on any atom is 0.119 e. The van der Waals surface area contributed by atoms with E-state index in [1.165, 1.54) is 0 Å². The summed E-state index contributed by atoms with van der Waals surface area (Å²) in [5.41, 5.74) is 6.71. The van der Waals surface area contributed by atoms with E-state index < -0.39 is 0 Å². The monoisotopic (exact) mass is 273 g/mol. The molecule has 108 valence electrons. The topological polar surface area (TPSA) is 53.1 Å². The van der Waals surface area contributed by atoms with E-state index in [-0.39, 0.29) is 0 Å². The Balaban J connectivity index is 1.80. The third-order valence-corrected chi connectivity index (χ3v) is 3.21. The highest BCUT2D eigenvalue weighted by atomic mass is 16.5. The van der Waals surface area contributed by atoms with E-state index in [0.717, 1.165) is 30.1 Å². The number of nitrogens with two attached hydrogens (primary N) is 1. The van der Waals surface area contributed by atoms with Crippen LogP contribution in [0.3, 0.4) is 0 Å². The van der Waals surface area contributed by atoms with Gasteiger partial charge < -0.3 is 15.0 Å². The number of aryl methyl sites for hydroxylation is 1.